The van der Waals surface area contributed by atoms with E-state index in [2.05, 4.69) is 52.8 Å². The van der Waals surface area contributed by atoms with E-state index in [9.17, 15) is 0 Å². The lowest BCUT2D eigenvalue weighted by Gasteiger charge is -2.27. The molecule has 6 heteroatoms. The van der Waals surface area contributed by atoms with Crippen LogP contribution in [0.25, 0.3) is 0 Å². The highest BCUT2D eigenvalue weighted by molar-refractivity contribution is 7.80. The smallest absolute Gasteiger partial charge is 0.170 e. The summed E-state index contributed by atoms with van der Waals surface area (Å²) >= 11 is 5.62. The fourth-order valence-electron chi connectivity index (χ4n) is 3.36. The van der Waals surface area contributed by atoms with Crippen LogP contribution in [0.1, 0.15) is 34.7 Å². The molecule has 0 radical (unpaired) electrons. The van der Waals surface area contributed by atoms with E-state index in [0.717, 1.165) is 17.4 Å². The maximum Gasteiger partial charge on any atom is 0.170 e. The van der Waals surface area contributed by atoms with Crippen molar-refractivity contribution in [1.29, 1.82) is 0 Å². The standard InChI is InChI=1S/C18H24N4OS/c1-12-11-14(13(2)21(12)3)17-16(15-7-5-6-8-19-15)20-18(24)22(17)9-10-23-4/h5-8,11,16-17H,9-10H2,1-4H3,(H,20,24)/t16-,17-/m0/s1. The molecule has 1 fully saturated rings. The average Bonchev–Trinajstić information content (AvgIpc) is 3.05. The number of nitrogens with one attached hydrogen (secondary N) is 1. The molecule has 128 valence electrons. The fourth-order valence-corrected chi connectivity index (χ4v) is 3.69. The minimum Gasteiger partial charge on any atom is -0.383 e. The number of hydrogen-bond acceptors (Lipinski definition) is 3. The highest BCUT2D eigenvalue weighted by atomic mass is 32.1. The molecule has 0 spiro atoms. The topological polar surface area (TPSA) is 42.3 Å². The van der Waals surface area contributed by atoms with Crippen LogP contribution in [-0.4, -0.2) is 39.8 Å². The largest absolute Gasteiger partial charge is 0.383 e. The number of hydrogen-bond donors (Lipinski definition) is 1. The van der Waals surface area contributed by atoms with Gasteiger partial charge in [-0.3, -0.25) is 4.98 Å². The van der Waals surface area contributed by atoms with Gasteiger partial charge < -0.3 is 19.5 Å². The number of ether oxygens (including phenoxy) is 1. The minimum atomic E-state index is 0.0380. The molecule has 1 saturated heterocycles. The Balaban J connectivity index is 2.05. The Kier molecular flexibility index (Phi) is 4.87. The number of thiocarbonyl (C=S) groups is 1. The molecule has 1 aliphatic rings. The SMILES string of the molecule is COCCN1C(=S)N[C@@H](c2ccccn2)[C@@H]1c1cc(C)n(C)c1C. The van der Waals surface area contributed by atoms with Gasteiger partial charge in [0.2, 0.25) is 0 Å². The predicted octanol–water partition coefficient (Wildman–Crippen LogP) is 2.66. The average molecular weight is 344 g/mol. The van der Waals surface area contributed by atoms with Gasteiger partial charge in [0.15, 0.2) is 5.11 Å². The molecule has 0 bridgehead atoms. The molecule has 0 amide bonds. The zero-order valence-corrected chi connectivity index (χ0v) is 15.4. The third-order valence-corrected chi connectivity index (χ3v) is 5.22. The van der Waals surface area contributed by atoms with Gasteiger partial charge in [0.25, 0.3) is 0 Å². The molecular weight excluding hydrogens is 320 g/mol. The molecule has 5 nitrogen and oxygen atoms in total. The van der Waals surface area contributed by atoms with Crippen LogP contribution in [0.2, 0.25) is 0 Å². The molecule has 1 N–H and O–H groups in total. The molecule has 2 aromatic rings. The molecule has 0 aliphatic carbocycles. The maximum atomic E-state index is 5.62. The molecule has 2 aromatic heterocycles. The summed E-state index contributed by atoms with van der Waals surface area (Å²) in [5, 5.41) is 4.22. The first kappa shape index (κ1) is 16.9. The molecule has 3 heterocycles. The molecule has 0 unspecified atom stereocenters. The maximum absolute atomic E-state index is 5.62. The molecular formula is C18H24N4OS. The Morgan fingerprint density at radius 1 is 1.33 bits per heavy atom. The van der Waals surface area contributed by atoms with Crippen LogP contribution in [0.15, 0.2) is 30.5 Å². The van der Waals surface area contributed by atoms with Gasteiger partial charge in [-0.05, 0) is 49.8 Å². The van der Waals surface area contributed by atoms with E-state index in [1.807, 2.05) is 18.3 Å². The van der Waals surface area contributed by atoms with E-state index < -0.39 is 0 Å². The molecule has 3 rings (SSSR count). The Bertz CT molecular complexity index is 728. The van der Waals surface area contributed by atoms with Gasteiger partial charge in [-0.25, -0.2) is 0 Å². The normalized spacial score (nSPS) is 20.5. The minimum absolute atomic E-state index is 0.0380. The number of aryl methyl sites for hydroxylation is 1. The lowest BCUT2D eigenvalue weighted by molar-refractivity contribution is 0.164. The van der Waals surface area contributed by atoms with Crippen LogP contribution >= 0.6 is 12.2 Å². The highest BCUT2D eigenvalue weighted by Crippen LogP contribution is 2.40. The summed E-state index contributed by atoms with van der Waals surface area (Å²) in [4.78, 5) is 6.78. The van der Waals surface area contributed by atoms with E-state index >= 15 is 0 Å². The van der Waals surface area contributed by atoms with E-state index in [0.29, 0.717) is 6.61 Å². The van der Waals surface area contributed by atoms with Gasteiger partial charge in [-0.1, -0.05) is 6.07 Å². The van der Waals surface area contributed by atoms with Crippen LogP contribution in [0.5, 0.6) is 0 Å². The number of pyridine rings is 1. The second-order valence-corrected chi connectivity index (χ2v) is 6.58. The summed E-state index contributed by atoms with van der Waals surface area (Å²) < 4.78 is 7.51. The van der Waals surface area contributed by atoms with Crippen molar-refractivity contribution in [2.45, 2.75) is 25.9 Å². The Hall–Kier alpha value is -1.92. The monoisotopic (exact) mass is 344 g/mol. The van der Waals surface area contributed by atoms with E-state index in [1.165, 1.54) is 17.0 Å². The summed E-state index contributed by atoms with van der Waals surface area (Å²) in [6, 6.07) is 8.42. The molecule has 0 aromatic carbocycles. The highest BCUT2D eigenvalue weighted by Gasteiger charge is 2.40. The van der Waals surface area contributed by atoms with Crippen LogP contribution in [-0.2, 0) is 11.8 Å². The van der Waals surface area contributed by atoms with Crippen molar-refractivity contribution in [3.63, 3.8) is 0 Å². The van der Waals surface area contributed by atoms with Gasteiger partial charge in [0.05, 0.1) is 24.4 Å². The summed E-state index contributed by atoms with van der Waals surface area (Å²) in [5.41, 5.74) is 4.79. The van der Waals surface area contributed by atoms with Crippen molar-refractivity contribution < 1.29 is 4.74 Å². The van der Waals surface area contributed by atoms with Gasteiger partial charge in [-0.2, -0.15) is 0 Å². The zero-order chi connectivity index (χ0) is 17.3. The second-order valence-electron chi connectivity index (χ2n) is 6.20. The quantitative estimate of drug-likeness (QED) is 0.845. The van der Waals surface area contributed by atoms with Crippen molar-refractivity contribution in [2.24, 2.45) is 7.05 Å². The molecule has 2 atom stereocenters. The Morgan fingerprint density at radius 3 is 2.71 bits per heavy atom. The van der Waals surface area contributed by atoms with Crippen LogP contribution in [0.3, 0.4) is 0 Å². The summed E-state index contributed by atoms with van der Waals surface area (Å²) in [6.45, 7) is 5.68. The molecule has 24 heavy (non-hydrogen) atoms. The van der Waals surface area contributed by atoms with Crippen molar-refractivity contribution in [1.82, 2.24) is 19.8 Å². The fraction of sp³-hybridized carbons (Fsp3) is 0.444. The third kappa shape index (κ3) is 2.91. The van der Waals surface area contributed by atoms with Crippen LogP contribution < -0.4 is 5.32 Å². The number of nitrogens with zero attached hydrogens (tertiary/aromatic N) is 3. The van der Waals surface area contributed by atoms with Crippen LogP contribution in [0, 0.1) is 13.8 Å². The van der Waals surface area contributed by atoms with Crippen molar-refractivity contribution in [3.05, 3.63) is 53.1 Å². The van der Waals surface area contributed by atoms with Gasteiger partial charge in [0, 0.05) is 38.3 Å². The first-order chi connectivity index (χ1) is 11.5. The van der Waals surface area contributed by atoms with E-state index in [-0.39, 0.29) is 12.1 Å². The first-order valence-corrected chi connectivity index (χ1v) is 8.55. The summed E-state index contributed by atoms with van der Waals surface area (Å²) in [6.07, 6.45) is 1.83. The van der Waals surface area contributed by atoms with Gasteiger partial charge in [0.1, 0.15) is 0 Å². The molecule has 1 aliphatic heterocycles. The number of aromatic nitrogens is 2. The Morgan fingerprint density at radius 2 is 2.12 bits per heavy atom. The predicted molar refractivity (Wildman–Crippen MR) is 98.9 cm³/mol. The lowest BCUT2D eigenvalue weighted by atomic mass is 9.97. The second kappa shape index (κ2) is 6.91. The lowest BCUT2D eigenvalue weighted by Crippen LogP contribution is -2.32. The number of rotatable bonds is 5. The van der Waals surface area contributed by atoms with Gasteiger partial charge in [-0.15, -0.1) is 0 Å². The Labute approximate surface area is 148 Å². The summed E-state index contributed by atoms with van der Waals surface area (Å²) in [7, 11) is 3.82. The summed E-state index contributed by atoms with van der Waals surface area (Å²) in [5.74, 6) is 0. The third-order valence-electron chi connectivity index (χ3n) is 4.87. The van der Waals surface area contributed by atoms with E-state index in [1.54, 1.807) is 7.11 Å². The van der Waals surface area contributed by atoms with E-state index in [4.69, 9.17) is 17.0 Å². The van der Waals surface area contributed by atoms with Gasteiger partial charge >= 0.3 is 0 Å². The first-order valence-electron chi connectivity index (χ1n) is 8.14. The van der Waals surface area contributed by atoms with Crippen LogP contribution in [0.4, 0.5) is 0 Å². The molecule has 0 saturated carbocycles. The zero-order valence-electron chi connectivity index (χ0n) is 14.6. The van der Waals surface area contributed by atoms with Crippen molar-refractivity contribution >= 4 is 17.3 Å². The van der Waals surface area contributed by atoms with Crippen molar-refractivity contribution in [2.75, 3.05) is 20.3 Å². The van der Waals surface area contributed by atoms with Crippen molar-refractivity contribution in [3.8, 4) is 0 Å². The number of methoxy groups -OCH3 is 1.